The number of hydrogen-bond acceptors (Lipinski definition) is 12. The molecule has 6 aromatic rings. The lowest BCUT2D eigenvalue weighted by Gasteiger charge is -2.06. The highest BCUT2D eigenvalue weighted by Gasteiger charge is 1.99. The molecule has 0 N–H and O–H groups in total. The van der Waals surface area contributed by atoms with Gasteiger partial charge < -0.3 is 56.8 Å². The summed E-state index contributed by atoms with van der Waals surface area (Å²) in [6.45, 7) is 26.4. The zero-order valence-electron chi connectivity index (χ0n) is 54.4. The number of aryl methyl sites for hydroxylation is 6. The highest BCUT2D eigenvalue weighted by molar-refractivity contribution is 5.28. The molecule has 0 bridgehead atoms. The van der Waals surface area contributed by atoms with E-state index in [9.17, 15) is 0 Å². The third kappa shape index (κ3) is 48.2. The smallest absolute Gasteiger partial charge is 0.119 e. The SMILES string of the molecule is CCOCCCOc1ccc(C)cc1.COCCCCCCOc1ccc(C)cc1.COCCCCOc1ccc(C)cc1.COCCCOCc1ccc(C)cc1.COCCOCCc1ccc(C)cc1.COCCOCc1ccc(C)cc1. The van der Waals surface area contributed by atoms with Crippen LogP contribution in [0.25, 0.3) is 0 Å². The van der Waals surface area contributed by atoms with E-state index in [-0.39, 0.29) is 0 Å². The second-order valence-electron chi connectivity index (χ2n) is 20.4. The Balaban J connectivity index is 0.000000510. The van der Waals surface area contributed by atoms with Crippen molar-refractivity contribution in [2.24, 2.45) is 0 Å². The van der Waals surface area contributed by atoms with Gasteiger partial charge in [0.15, 0.2) is 0 Å². The first-order valence-corrected chi connectivity index (χ1v) is 30.5. The predicted octanol–water partition coefficient (Wildman–Crippen LogP) is 16.1. The fourth-order valence-corrected chi connectivity index (χ4v) is 7.21. The number of unbranched alkanes of at least 4 members (excludes halogenated alkanes) is 4. The number of ether oxygens (including phenoxy) is 12. The average molecular weight is 1180 g/mol. The van der Waals surface area contributed by atoms with Gasteiger partial charge in [0.2, 0.25) is 0 Å². The molecule has 0 aromatic heterocycles. The molecule has 12 heteroatoms. The van der Waals surface area contributed by atoms with Crippen LogP contribution in [0.1, 0.15) is 108 Å². The Bertz CT molecular complexity index is 2100. The van der Waals surface area contributed by atoms with E-state index >= 15 is 0 Å². The summed E-state index contributed by atoms with van der Waals surface area (Å²) >= 11 is 0. The van der Waals surface area contributed by atoms with Crippen LogP contribution in [0.15, 0.2) is 146 Å². The first-order valence-electron chi connectivity index (χ1n) is 30.5. The summed E-state index contributed by atoms with van der Waals surface area (Å²) in [7, 11) is 8.54. The molecule has 6 aromatic carbocycles. The second kappa shape index (κ2) is 56.2. The third-order valence-electron chi connectivity index (χ3n) is 12.4. The predicted molar refractivity (Wildman–Crippen MR) is 350 cm³/mol. The standard InChI is InChI=1S/C14H22O2.4C12H18O2.C11H16O2/c1-13-7-9-14(10-8-13)16-12-6-4-3-5-11-15-2;1-11-4-6-12(7-5-11)10-14-9-3-8-13-2;1-11-3-5-12(6-4-11)7-8-14-10-9-13-2;1-11-5-7-12(8-6-11)14-10-4-3-9-13-2;1-3-13-9-4-10-14-12-7-5-11(2)6-8-12;1-10-3-5-11(6-4-10)9-13-8-7-12-2/h7-10H,3-6,11-12H2,1-2H3;4-7H,3,8-10H2,1-2H3;3-6H,7-10H2,1-2H3;2*5-8H,3-4,9-10H2,1-2H3;3-6H,7-9H2,1-2H3. The number of benzene rings is 6. The van der Waals surface area contributed by atoms with Gasteiger partial charge in [-0.2, -0.15) is 0 Å². The van der Waals surface area contributed by atoms with E-state index in [1.165, 1.54) is 62.9 Å². The van der Waals surface area contributed by atoms with E-state index < -0.39 is 0 Å². The molecule has 0 spiro atoms. The summed E-state index contributed by atoms with van der Waals surface area (Å²) in [5.74, 6) is 2.86. The summed E-state index contributed by atoms with van der Waals surface area (Å²) in [4.78, 5) is 0. The quantitative estimate of drug-likeness (QED) is 0.0346. The Morgan fingerprint density at radius 2 is 0.518 bits per heavy atom. The van der Waals surface area contributed by atoms with Crippen LogP contribution >= 0.6 is 0 Å². The van der Waals surface area contributed by atoms with Crippen LogP contribution < -0.4 is 14.2 Å². The van der Waals surface area contributed by atoms with Crippen molar-refractivity contribution in [3.05, 3.63) is 196 Å². The summed E-state index contributed by atoms with van der Waals surface area (Å²) in [6, 6.07) is 49.8. The highest BCUT2D eigenvalue weighted by atomic mass is 16.5. The lowest BCUT2D eigenvalue weighted by Crippen LogP contribution is -2.04. The van der Waals surface area contributed by atoms with Crippen LogP contribution in [0.5, 0.6) is 17.2 Å². The molecule has 12 nitrogen and oxygen atoms in total. The molecule has 0 radical (unpaired) electrons. The van der Waals surface area contributed by atoms with Gasteiger partial charge in [-0.25, -0.2) is 0 Å². The molecule has 0 aliphatic heterocycles. The Hall–Kier alpha value is -5.64. The lowest BCUT2D eigenvalue weighted by molar-refractivity contribution is 0.0616. The summed E-state index contributed by atoms with van der Waals surface area (Å²) in [6.07, 6.45) is 9.71. The zero-order chi connectivity index (χ0) is 62.1. The van der Waals surface area contributed by atoms with E-state index in [0.717, 1.165) is 128 Å². The molecule has 0 atom stereocenters. The molecule has 0 aliphatic carbocycles. The molecule has 0 heterocycles. The van der Waals surface area contributed by atoms with E-state index in [2.05, 4.69) is 151 Å². The van der Waals surface area contributed by atoms with E-state index in [4.69, 9.17) is 56.8 Å². The number of hydrogen-bond donors (Lipinski definition) is 0. The Morgan fingerprint density at radius 3 is 0.906 bits per heavy atom. The largest absolute Gasteiger partial charge is 0.494 e. The minimum Gasteiger partial charge on any atom is -0.494 e. The Morgan fingerprint density at radius 1 is 0.235 bits per heavy atom. The Kier molecular flexibility index (Phi) is 51.1. The van der Waals surface area contributed by atoms with Crippen molar-refractivity contribution < 1.29 is 56.8 Å². The van der Waals surface area contributed by atoms with E-state index in [0.29, 0.717) is 39.6 Å². The third-order valence-corrected chi connectivity index (χ3v) is 12.4. The zero-order valence-corrected chi connectivity index (χ0v) is 54.4. The van der Waals surface area contributed by atoms with Gasteiger partial charge in [-0.05, 0) is 147 Å². The molecule has 85 heavy (non-hydrogen) atoms. The number of rotatable bonds is 37. The maximum Gasteiger partial charge on any atom is 0.119 e. The monoisotopic (exact) mass is 1180 g/mol. The molecule has 0 saturated heterocycles. The molecular formula is C73H110O12. The summed E-state index contributed by atoms with van der Waals surface area (Å²) < 4.78 is 62.8. The Labute approximate surface area is 515 Å². The molecule has 474 valence electrons. The van der Waals surface area contributed by atoms with Crippen LogP contribution in [0, 0.1) is 41.5 Å². The van der Waals surface area contributed by atoms with Crippen molar-refractivity contribution in [2.75, 3.05) is 128 Å². The van der Waals surface area contributed by atoms with Crippen molar-refractivity contribution in [1.29, 1.82) is 0 Å². The molecule has 0 amide bonds. The van der Waals surface area contributed by atoms with Gasteiger partial charge in [-0.1, -0.05) is 149 Å². The molecule has 0 unspecified atom stereocenters. The normalized spacial score (nSPS) is 10.3. The van der Waals surface area contributed by atoms with E-state index in [1.807, 2.05) is 43.3 Å². The van der Waals surface area contributed by atoms with Gasteiger partial charge in [-0.3, -0.25) is 0 Å². The highest BCUT2D eigenvalue weighted by Crippen LogP contribution is 2.15. The summed E-state index contributed by atoms with van der Waals surface area (Å²) in [5, 5.41) is 0. The maximum atomic E-state index is 5.64. The average Bonchev–Trinajstić information content (AvgIpc) is 3.52. The van der Waals surface area contributed by atoms with E-state index in [1.54, 1.807) is 35.5 Å². The maximum absolute atomic E-state index is 5.64. The van der Waals surface area contributed by atoms with Gasteiger partial charge in [0, 0.05) is 81.6 Å². The van der Waals surface area contributed by atoms with Crippen LogP contribution in [0.2, 0.25) is 0 Å². The number of methoxy groups -OCH3 is 5. The second-order valence-corrected chi connectivity index (χ2v) is 20.4. The van der Waals surface area contributed by atoms with Crippen molar-refractivity contribution in [3.8, 4) is 17.2 Å². The molecule has 0 aliphatic rings. The molecule has 0 saturated carbocycles. The topological polar surface area (TPSA) is 111 Å². The van der Waals surface area contributed by atoms with Crippen molar-refractivity contribution in [2.45, 2.75) is 119 Å². The van der Waals surface area contributed by atoms with Gasteiger partial charge in [0.05, 0.1) is 66.1 Å². The fourth-order valence-electron chi connectivity index (χ4n) is 7.21. The minimum atomic E-state index is 0.657. The first kappa shape index (κ1) is 77.4. The molecule has 0 fully saturated rings. The van der Waals surface area contributed by atoms with Crippen molar-refractivity contribution in [1.82, 2.24) is 0 Å². The van der Waals surface area contributed by atoms with Gasteiger partial charge in [0.25, 0.3) is 0 Å². The lowest BCUT2D eigenvalue weighted by atomic mass is 10.1. The van der Waals surface area contributed by atoms with Crippen LogP contribution in [0.4, 0.5) is 0 Å². The van der Waals surface area contributed by atoms with Gasteiger partial charge >= 0.3 is 0 Å². The minimum absolute atomic E-state index is 0.657. The van der Waals surface area contributed by atoms with Crippen LogP contribution in [0.3, 0.4) is 0 Å². The van der Waals surface area contributed by atoms with Crippen molar-refractivity contribution >= 4 is 0 Å². The molecule has 6 rings (SSSR count). The van der Waals surface area contributed by atoms with Crippen molar-refractivity contribution in [3.63, 3.8) is 0 Å². The van der Waals surface area contributed by atoms with Crippen LogP contribution in [-0.4, -0.2) is 128 Å². The summed E-state index contributed by atoms with van der Waals surface area (Å²) in [5.41, 5.74) is 11.4. The fraction of sp³-hybridized carbons (Fsp3) is 0.507. The van der Waals surface area contributed by atoms with Gasteiger partial charge in [0.1, 0.15) is 17.2 Å². The molecular weight excluding hydrogens is 1070 g/mol. The van der Waals surface area contributed by atoms with Crippen LogP contribution in [-0.2, 0) is 62.3 Å². The van der Waals surface area contributed by atoms with Gasteiger partial charge in [-0.15, -0.1) is 0 Å². The first-order chi connectivity index (χ1) is 41.5.